The minimum absolute atomic E-state index is 0.171. The SMILES string of the molecule is Cc1ncc(C#N)c2c1CC(N)C2. The predicted molar refractivity (Wildman–Crippen MR) is 49.1 cm³/mol. The number of aryl methyl sites for hydroxylation is 1. The number of fused-ring (bicyclic) bond motifs is 1. The van der Waals surface area contributed by atoms with E-state index in [4.69, 9.17) is 11.0 Å². The lowest BCUT2D eigenvalue weighted by Gasteiger charge is -2.02. The van der Waals surface area contributed by atoms with Gasteiger partial charge in [0.15, 0.2) is 0 Å². The highest BCUT2D eigenvalue weighted by molar-refractivity contribution is 5.46. The van der Waals surface area contributed by atoms with Gasteiger partial charge in [0.2, 0.25) is 0 Å². The molecule has 0 spiro atoms. The summed E-state index contributed by atoms with van der Waals surface area (Å²) in [6.07, 6.45) is 3.33. The van der Waals surface area contributed by atoms with Gasteiger partial charge in [0, 0.05) is 17.9 Å². The molecule has 3 heteroatoms. The van der Waals surface area contributed by atoms with E-state index in [1.54, 1.807) is 6.20 Å². The summed E-state index contributed by atoms with van der Waals surface area (Å²) in [5, 5.41) is 8.85. The van der Waals surface area contributed by atoms with Crippen LogP contribution in [-0.4, -0.2) is 11.0 Å². The number of pyridine rings is 1. The van der Waals surface area contributed by atoms with E-state index in [2.05, 4.69) is 11.1 Å². The fourth-order valence-corrected chi connectivity index (χ4v) is 1.90. The van der Waals surface area contributed by atoms with Gasteiger partial charge in [-0.05, 0) is 30.9 Å². The molecule has 1 atom stereocenters. The molecule has 2 rings (SSSR count). The summed E-state index contributed by atoms with van der Waals surface area (Å²) in [6, 6.07) is 2.33. The molecule has 0 aromatic carbocycles. The molecule has 1 aromatic rings. The lowest BCUT2D eigenvalue weighted by atomic mass is 10.1. The molecule has 1 aliphatic carbocycles. The Morgan fingerprint density at radius 3 is 2.92 bits per heavy atom. The molecule has 3 nitrogen and oxygen atoms in total. The Labute approximate surface area is 77.2 Å². The second kappa shape index (κ2) is 2.82. The lowest BCUT2D eigenvalue weighted by Crippen LogP contribution is -2.19. The zero-order chi connectivity index (χ0) is 9.42. The van der Waals surface area contributed by atoms with Crippen LogP contribution in [0.2, 0.25) is 0 Å². The van der Waals surface area contributed by atoms with E-state index in [0.29, 0.717) is 5.56 Å². The van der Waals surface area contributed by atoms with Crippen LogP contribution in [-0.2, 0) is 12.8 Å². The van der Waals surface area contributed by atoms with Gasteiger partial charge in [-0.15, -0.1) is 0 Å². The van der Waals surface area contributed by atoms with Gasteiger partial charge in [-0.1, -0.05) is 0 Å². The maximum atomic E-state index is 8.85. The maximum Gasteiger partial charge on any atom is 0.101 e. The van der Waals surface area contributed by atoms with Crippen LogP contribution in [0.5, 0.6) is 0 Å². The highest BCUT2D eigenvalue weighted by Crippen LogP contribution is 2.25. The quantitative estimate of drug-likeness (QED) is 0.627. The summed E-state index contributed by atoms with van der Waals surface area (Å²) in [7, 11) is 0. The number of hydrogen-bond acceptors (Lipinski definition) is 3. The first-order valence-corrected chi connectivity index (χ1v) is 4.35. The Morgan fingerprint density at radius 1 is 1.54 bits per heavy atom. The topological polar surface area (TPSA) is 62.7 Å². The molecule has 66 valence electrons. The Bertz CT molecular complexity index is 390. The molecule has 0 bridgehead atoms. The molecule has 2 N–H and O–H groups in total. The minimum Gasteiger partial charge on any atom is -0.327 e. The number of rotatable bonds is 0. The summed E-state index contributed by atoms with van der Waals surface area (Å²) in [5.41, 5.74) is 9.84. The standard InChI is InChI=1S/C10H11N3/c1-6-9-2-8(12)3-10(9)7(4-11)5-13-6/h5,8H,2-3,12H2,1H3. The van der Waals surface area contributed by atoms with Gasteiger partial charge < -0.3 is 5.73 Å². The second-order valence-corrected chi connectivity index (χ2v) is 3.49. The third-order valence-corrected chi connectivity index (χ3v) is 2.57. The number of hydrogen-bond donors (Lipinski definition) is 1. The number of nitriles is 1. The average molecular weight is 173 g/mol. The van der Waals surface area contributed by atoms with E-state index < -0.39 is 0 Å². The first-order chi connectivity index (χ1) is 6.22. The molecule has 0 fully saturated rings. The fraction of sp³-hybridized carbons (Fsp3) is 0.400. The molecule has 1 unspecified atom stereocenters. The molecule has 0 saturated carbocycles. The van der Waals surface area contributed by atoms with Crippen molar-refractivity contribution >= 4 is 0 Å². The van der Waals surface area contributed by atoms with Crippen molar-refractivity contribution in [2.24, 2.45) is 5.73 Å². The van der Waals surface area contributed by atoms with Gasteiger partial charge in [-0.25, -0.2) is 0 Å². The summed E-state index contributed by atoms with van der Waals surface area (Å²) in [4.78, 5) is 4.18. The largest absolute Gasteiger partial charge is 0.327 e. The molecular formula is C10H11N3. The number of nitrogens with two attached hydrogens (primary N) is 1. The number of aromatic nitrogens is 1. The highest BCUT2D eigenvalue weighted by Gasteiger charge is 2.23. The first kappa shape index (κ1) is 8.21. The first-order valence-electron chi connectivity index (χ1n) is 4.35. The molecule has 0 saturated heterocycles. The van der Waals surface area contributed by atoms with E-state index in [1.165, 1.54) is 5.56 Å². The molecule has 1 heterocycles. The summed E-state index contributed by atoms with van der Waals surface area (Å²) < 4.78 is 0. The van der Waals surface area contributed by atoms with Gasteiger partial charge in [0.1, 0.15) is 6.07 Å². The van der Waals surface area contributed by atoms with Crippen molar-refractivity contribution in [1.82, 2.24) is 4.98 Å². The monoisotopic (exact) mass is 173 g/mol. The summed E-state index contributed by atoms with van der Waals surface area (Å²) in [5.74, 6) is 0. The van der Waals surface area contributed by atoms with Crippen LogP contribution in [0.1, 0.15) is 22.4 Å². The molecule has 0 amide bonds. The van der Waals surface area contributed by atoms with Crippen molar-refractivity contribution < 1.29 is 0 Å². The zero-order valence-corrected chi connectivity index (χ0v) is 7.54. The third kappa shape index (κ3) is 1.20. The highest BCUT2D eigenvalue weighted by atomic mass is 14.7. The average Bonchev–Trinajstić information content (AvgIpc) is 2.48. The Hall–Kier alpha value is -1.40. The van der Waals surface area contributed by atoms with E-state index in [1.807, 2.05) is 6.92 Å². The summed E-state index contributed by atoms with van der Waals surface area (Å²) >= 11 is 0. The maximum absolute atomic E-state index is 8.85. The molecule has 1 aliphatic rings. The van der Waals surface area contributed by atoms with Crippen molar-refractivity contribution in [2.75, 3.05) is 0 Å². The summed E-state index contributed by atoms with van der Waals surface area (Å²) in [6.45, 7) is 1.97. The van der Waals surface area contributed by atoms with Crippen LogP contribution in [0, 0.1) is 18.3 Å². The van der Waals surface area contributed by atoms with Crippen LogP contribution >= 0.6 is 0 Å². The minimum atomic E-state index is 0.171. The van der Waals surface area contributed by atoms with E-state index in [-0.39, 0.29) is 6.04 Å². The Kier molecular flexibility index (Phi) is 1.78. The van der Waals surface area contributed by atoms with Gasteiger partial charge in [-0.3, -0.25) is 4.98 Å². The Balaban J connectivity index is 2.60. The van der Waals surface area contributed by atoms with Crippen molar-refractivity contribution in [3.8, 4) is 6.07 Å². The molecule has 0 radical (unpaired) electrons. The molecule has 0 aliphatic heterocycles. The zero-order valence-electron chi connectivity index (χ0n) is 7.54. The van der Waals surface area contributed by atoms with Crippen molar-refractivity contribution in [1.29, 1.82) is 5.26 Å². The lowest BCUT2D eigenvalue weighted by molar-refractivity contribution is 0.719. The van der Waals surface area contributed by atoms with Crippen LogP contribution in [0.15, 0.2) is 6.20 Å². The van der Waals surface area contributed by atoms with Crippen molar-refractivity contribution in [2.45, 2.75) is 25.8 Å². The van der Waals surface area contributed by atoms with Crippen molar-refractivity contribution in [3.63, 3.8) is 0 Å². The van der Waals surface area contributed by atoms with Gasteiger partial charge in [0.25, 0.3) is 0 Å². The third-order valence-electron chi connectivity index (χ3n) is 2.57. The smallest absolute Gasteiger partial charge is 0.101 e. The normalized spacial score (nSPS) is 19.6. The van der Waals surface area contributed by atoms with Gasteiger partial charge in [-0.2, -0.15) is 5.26 Å². The van der Waals surface area contributed by atoms with Gasteiger partial charge in [0.05, 0.1) is 5.56 Å². The van der Waals surface area contributed by atoms with Crippen LogP contribution in [0.4, 0.5) is 0 Å². The fourth-order valence-electron chi connectivity index (χ4n) is 1.90. The van der Waals surface area contributed by atoms with Crippen LogP contribution < -0.4 is 5.73 Å². The van der Waals surface area contributed by atoms with Crippen LogP contribution in [0.3, 0.4) is 0 Å². The second-order valence-electron chi connectivity index (χ2n) is 3.49. The number of nitrogens with zero attached hydrogens (tertiary/aromatic N) is 2. The molecule has 1 aromatic heterocycles. The van der Waals surface area contributed by atoms with Crippen molar-refractivity contribution in [3.05, 3.63) is 28.6 Å². The predicted octanol–water partition coefficient (Wildman–Crippen LogP) is 0.688. The molecule has 13 heavy (non-hydrogen) atoms. The van der Waals surface area contributed by atoms with E-state index >= 15 is 0 Å². The van der Waals surface area contributed by atoms with E-state index in [0.717, 1.165) is 24.1 Å². The van der Waals surface area contributed by atoms with E-state index in [9.17, 15) is 0 Å². The molecular weight excluding hydrogens is 162 g/mol. The Morgan fingerprint density at radius 2 is 2.23 bits per heavy atom. The van der Waals surface area contributed by atoms with Crippen LogP contribution in [0.25, 0.3) is 0 Å². The van der Waals surface area contributed by atoms with Gasteiger partial charge >= 0.3 is 0 Å².